The van der Waals surface area contributed by atoms with Crippen LogP contribution in [-0.2, 0) is 0 Å². The number of hydrogen-bond donors (Lipinski definition) is 1. The maximum Gasteiger partial charge on any atom is 0.390 e. The zero-order chi connectivity index (χ0) is 14.8. The van der Waals surface area contributed by atoms with Gasteiger partial charge >= 0.3 is 6.18 Å². The largest absolute Gasteiger partial charge is 0.390 e. The van der Waals surface area contributed by atoms with E-state index in [9.17, 15) is 17.6 Å². The van der Waals surface area contributed by atoms with Gasteiger partial charge in [0.25, 0.3) is 0 Å². The molecule has 1 heterocycles. The van der Waals surface area contributed by atoms with Crippen molar-refractivity contribution >= 4 is 15.9 Å². The molecule has 1 fully saturated rings. The highest BCUT2D eigenvalue weighted by molar-refractivity contribution is 9.10. The summed E-state index contributed by atoms with van der Waals surface area (Å²) in [5.41, 5.74) is 0.351. The van der Waals surface area contributed by atoms with Crippen LogP contribution in [-0.4, -0.2) is 37.3 Å². The quantitative estimate of drug-likeness (QED) is 0.836. The van der Waals surface area contributed by atoms with E-state index in [1.165, 1.54) is 18.2 Å². The first-order valence-electron chi connectivity index (χ1n) is 6.33. The lowest BCUT2D eigenvalue weighted by molar-refractivity contribution is -0.148. The summed E-state index contributed by atoms with van der Waals surface area (Å²) in [4.78, 5) is 1.75. The van der Waals surface area contributed by atoms with E-state index in [2.05, 4.69) is 21.2 Å². The van der Waals surface area contributed by atoms with Crippen molar-refractivity contribution in [3.63, 3.8) is 0 Å². The monoisotopic (exact) mass is 354 g/mol. The normalized spacial score (nSPS) is 19.1. The molecular formula is C13H15BrF4N2. The Morgan fingerprint density at radius 1 is 1.25 bits per heavy atom. The third-order valence-electron chi connectivity index (χ3n) is 3.33. The molecule has 0 amide bonds. The van der Waals surface area contributed by atoms with Gasteiger partial charge in [-0.3, -0.25) is 4.90 Å². The molecule has 112 valence electrons. The molecule has 0 unspecified atom stereocenters. The van der Waals surface area contributed by atoms with Crippen molar-refractivity contribution in [2.75, 3.05) is 26.2 Å². The lowest BCUT2D eigenvalue weighted by Crippen LogP contribution is -2.46. The van der Waals surface area contributed by atoms with E-state index in [-0.39, 0.29) is 0 Å². The summed E-state index contributed by atoms with van der Waals surface area (Å²) < 4.78 is 52.4. The highest BCUT2D eigenvalue weighted by Gasteiger charge is 2.36. The Kier molecular flexibility index (Phi) is 5.04. The molecule has 2 rings (SSSR count). The fourth-order valence-electron chi connectivity index (χ4n) is 2.42. The standard InChI is InChI=1S/C13H15BrF4N2/c14-11-2-1-9(15)7-10(11)12(8-13(16,17)18)20-5-3-19-4-6-20/h1-2,7,12,19H,3-6,8H2/t12-/m1/s1. The van der Waals surface area contributed by atoms with Gasteiger partial charge < -0.3 is 5.32 Å². The minimum absolute atomic E-state index is 0.351. The van der Waals surface area contributed by atoms with Gasteiger partial charge in [0, 0.05) is 36.7 Å². The lowest BCUT2D eigenvalue weighted by atomic mass is 10.0. The van der Waals surface area contributed by atoms with Crippen LogP contribution in [0.4, 0.5) is 17.6 Å². The Balaban J connectivity index is 2.31. The second-order valence-corrected chi connectivity index (χ2v) is 5.64. The van der Waals surface area contributed by atoms with Gasteiger partial charge in [0.15, 0.2) is 0 Å². The van der Waals surface area contributed by atoms with E-state index in [1.807, 2.05) is 0 Å². The predicted molar refractivity (Wildman–Crippen MR) is 72.0 cm³/mol. The van der Waals surface area contributed by atoms with Crippen LogP contribution in [0.5, 0.6) is 0 Å². The molecule has 0 aromatic heterocycles. The minimum Gasteiger partial charge on any atom is -0.314 e. The van der Waals surface area contributed by atoms with Crippen molar-refractivity contribution in [2.45, 2.75) is 18.6 Å². The van der Waals surface area contributed by atoms with E-state index in [4.69, 9.17) is 0 Å². The minimum atomic E-state index is -4.29. The highest BCUT2D eigenvalue weighted by Crippen LogP contribution is 2.37. The van der Waals surface area contributed by atoms with Crippen LogP contribution >= 0.6 is 15.9 Å². The average molecular weight is 355 g/mol. The number of nitrogens with zero attached hydrogens (tertiary/aromatic N) is 1. The van der Waals surface area contributed by atoms with Crippen molar-refractivity contribution in [3.05, 3.63) is 34.1 Å². The lowest BCUT2D eigenvalue weighted by Gasteiger charge is -2.36. The van der Waals surface area contributed by atoms with E-state index in [0.29, 0.717) is 36.2 Å². The third kappa shape index (κ3) is 4.17. The fraction of sp³-hybridized carbons (Fsp3) is 0.538. The maximum absolute atomic E-state index is 13.4. The van der Waals surface area contributed by atoms with Gasteiger partial charge in [0.2, 0.25) is 0 Å². The SMILES string of the molecule is Fc1ccc(Br)c([C@@H](CC(F)(F)F)N2CCNCC2)c1. The number of benzene rings is 1. The molecule has 7 heteroatoms. The molecule has 0 saturated carbocycles. The summed E-state index contributed by atoms with van der Waals surface area (Å²) in [6.45, 7) is 2.32. The highest BCUT2D eigenvalue weighted by atomic mass is 79.9. The Hall–Kier alpha value is -0.660. The number of alkyl halides is 3. The van der Waals surface area contributed by atoms with E-state index < -0.39 is 24.5 Å². The van der Waals surface area contributed by atoms with Crippen molar-refractivity contribution in [1.82, 2.24) is 10.2 Å². The molecule has 1 aromatic rings. The van der Waals surface area contributed by atoms with Crippen LogP contribution in [0.1, 0.15) is 18.0 Å². The number of piperazine rings is 1. The zero-order valence-corrected chi connectivity index (χ0v) is 12.3. The molecule has 0 radical (unpaired) electrons. The molecular weight excluding hydrogens is 340 g/mol. The van der Waals surface area contributed by atoms with E-state index in [1.54, 1.807) is 4.90 Å². The number of hydrogen-bond acceptors (Lipinski definition) is 2. The summed E-state index contributed by atoms with van der Waals surface area (Å²) in [6.07, 6.45) is -5.27. The molecule has 1 saturated heterocycles. The smallest absolute Gasteiger partial charge is 0.314 e. The van der Waals surface area contributed by atoms with Gasteiger partial charge in [0.1, 0.15) is 5.82 Å². The topological polar surface area (TPSA) is 15.3 Å². The first-order valence-corrected chi connectivity index (χ1v) is 7.12. The van der Waals surface area contributed by atoms with E-state index >= 15 is 0 Å². The third-order valence-corrected chi connectivity index (χ3v) is 4.06. The Bertz CT molecular complexity index is 458. The molecule has 1 aliphatic rings. The van der Waals surface area contributed by atoms with Gasteiger partial charge in [-0.15, -0.1) is 0 Å². The second-order valence-electron chi connectivity index (χ2n) is 4.79. The fourth-order valence-corrected chi connectivity index (χ4v) is 2.93. The molecule has 1 aromatic carbocycles. The van der Waals surface area contributed by atoms with Crippen molar-refractivity contribution in [3.8, 4) is 0 Å². The molecule has 1 aliphatic heterocycles. The number of halogens is 5. The molecule has 20 heavy (non-hydrogen) atoms. The summed E-state index contributed by atoms with van der Waals surface area (Å²) in [5.74, 6) is -0.523. The summed E-state index contributed by atoms with van der Waals surface area (Å²) in [6, 6.07) is 3.01. The maximum atomic E-state index is 13.4. The predicted octanol–water partition coefficient (Wildman–Crippen LogP) is 3.49. The summed E-state index contributed by atoms with van der Waals surface area (Å²) in [7, 11) is 0. The second kappa shape index (κ2) is 6.41. The zero-order valence-electron chi connectivity index (χ0n) is 10.7. The van der Waals surface area contributed by atoms with Crippen molar-refractivity contribution in [1.29, 1.82) is 0 Å². The van der Waals surface area contributed by atoms with Crippen LogP contribution in [0, 0.1) is 5.82 Å². The average Bonchev–Trinajstić information content (AvgIpc) is 2.39. The summed E-state index contributed by atoms with van der Waals surface area (Å²) in [5, 5.41) is 3.10. The van der Waals surface area contributed by atoms with Gasteiger partial charge in [-0.2, -0.15) is 13.2 Å². The molecule has 1 atom stereocenters. The van der Waals surface area contributed by atoms with Gasteiger partial charge in [0.05, 0.1) is 6.42 Å². The molecule has 0 bridgehead atoms. The van der Waals surface area contributed by atoms with Crippen molar-refractivity contribution < 1.29 is 17.6 Å². The Morgan fingerprint density at radius 3 is 2.50 bits per heavy atom. The molecule has 2 nitrogen and oxygen atoms in total. The van der Waals surface area contributed by atoms with Gasteiger partial charge in [-0.1, -0.05) is 15.9 Å². The van der Waals surface area contributed by atoms with E-state index in [0.717, 1.165) is 0 Å². The van der Waals surface area contributed by atoms with Gasteiger partial charge in [-0.05, 0) is 23.8 Å². The van der Waals surface area contributed by atoms with Crippen LogP contribution in [0.3, 0.4) is 0 Å². The number of nitrogens with one attached hydrogen (secondary N) is 1. The summed E-state index contributed by atoms with van der Waals surface area (Å²) >= 11 is 3.23. The van der Waals surface area contributed by atoms with Crippen LogP contribution in [0.2, 0.25) is 0 Å². The van der Waals surface area contributed by atoms with Crippen LogP contribution < -0.4 is 5.32 Å². The number of rotatable bonds is 3. The molecule has 0 aliphatic carbocycles. The first-order chi connectivity index (χ1) is 9.37. The van der Waals surface area contributed by atoms with Gasteiger partial charge in [-0.25, -0.2) is 4.39 Å². The molecule has 0 spiro atoms. The first kappa shape index (κ1) is 15.7. The van der Waals surface area contributed by atoms with Crippen LogP contribution in [0.15, 0.2) is 22.7 Å². The molecule has 1 N–H and O–H groups in total. The Labute approximate surface area is 123 Å². The van der Waals surface area contributed by atoms with Crippen LogP contribution in [0.25, 0.3) is 0 Å². The van der Waals surface area contributed by atoms with Crippen molar-refractivity contribution in [2.24, 2.45) is 0 Å². The Morgan fingerprint density at radius 2 is 1.90 bits per heavy atom.